The van der Waals surface area contributed by atoms with Gasteiger partial charge in [-0.25, -0.2) is 4.98 Å². The average Bonchev–Trinajstić information content (AvgIpc) is 2.62. The van der Waals surface area contributed by atoms with E-state index in [4.69, 9.17) is 4.74 Å². The Morgan fingerprint density at radius 2 is 2.24 bits per heavy atom. The number of hydrogen-bond donors (Lipinski definition) is 0. The van der Waals surface area contributed by atoms with Crippen LogP contribution in [0.25, 0.3) is 11.0 Å². The lowest BCUT2D eigenvalue weighted by Crippen LogP contribution is -2.04. The third kappa shape index (κ3) is 2.66. The number of imidazole rings is 1. The highest BCUT2D eigenvalue weighted by Gasteiger charge is 2.10. The van der Waals surface area contributed by atoms with Crippen molar-refractivity contribution in [3.8, 4) is 0 Å². The molecule has 2 aromatic rings. The summed E-state index contributed by atoms with van der Waals surface area (Å²) in [6, 6.07) is 0. The number of rotatable bonds is 5. The Morgan fingerprint density at radius 3 is 3.00 bits per heavy atom. The lowest BCUT2D eigenvalue weighted by Gasteiger charge is -2.07. The maximum Gasteiger partial charge on any atom is 0.108 e. The van der Waals surface area contributed by atoms with Crippen molar-refractivity contribution in [3.63, 3.8) is 0 Å². The zero-order chi connectivity index (χ0) is 12.3. The molecule has 17 heavy (non-hydrogen) atoms. The fourth-order valence-electron chi connectivity index (χ4n) is 1.91. The van der Waals surface area contributed by atoms with Crippen molar-refractivity contribution in [3.05, 3.63) is 22.7 Å². The molecule has 2 heterocycles. The van der Waals surface area contributed by atoms with Crippen molar-refractivity contribution in [2.75, 3.05) is 13.2 Å². The topological polar surface area (TPSA) is 39.9 Å². The molecule has 0 amide bonds. The Labute approximate surface area is 109 Å². The highest BCUT2D eigenvalue weighted by Crippen LogP contribution is 2.23. The molecule has 2 aromatic heterocycles. The molecule has 0 aliphatic carbocycles. The van der Waals surface area contributed by atoms with Gasteiger partial charge in [-0.3, -0.25) is 4.98 Å². The molecule has 0 aliphatic heterocycles. The molecular weight excluding hydrogens is 282 g/mol. The van der Waals surface area contributed by atoms with Gasteiger partial charge in [-0.1, -0.05) is 0 Å². The molecule has 0 radical (unpaired) electrons. The molecule has 92 valence electrons. The lowest BCUT2D eigenvalue weighted by atomic mass is 10.4. The largest absolute Gasteiger partial charge is 0.382 e. The van der Waals surface area contributed by atoms with Gasteiger partial charge in [0, 0.05) is 26.0 Å². The number of hydrogen-bond acceptors (Lipinski definition) is 3. The Balaban J connectivity index is 2.23. The number of pyridine rings is 1. The van der Waals surface area contributed by atoms with Crippen molar-refractivity contribution in [2.24, 2.45) is 0 Å². The van der Waals surface area contributed by atoms with E-state index < -0.39 is 0 Å². The molecule has 5 heteroatoms. The van der Waals surface area contributed by atoms with Crippen molar-refractivity contribution in [1.82, 2.24) is 14.5 Å². The van der Waals surface area contributed by atoms with Crippen LogP contribution >= 0.6 is 15.9 Å². The van der Waals surface area contributed by atoms with Crippen LogP contribution in [0.5, 0.6) is 0 Å². The minimum atomic E-state index is 0.775. The highest BCUT2D eigenvalue weighted by atomic mass is 79.9. The van der Waals surface area contributed by atoms with Crippen LogP contribution < -0.4 is 0 Å². The smallest absolute Gasteiger partial charge is 0.108 e. The molecule has 0 aromatic carbocycles. The van der Waals surface area contributed by atoms with Gasteiger partial charge < -0.3 is 9.30 Å². The van der Waals surface area contributed by atoms with Crippen LogP contribution in [-0.4, -0.2) is 27.7 Å². The van der Waals surface area contributed by atoms with Gasteiger partial charge in [-0.05, 0) is 36.2 Å². The number of aryl methyl sites for hydroxylation is 2. The molecule has 4 nitrogen and oxygen atoms in total. The molecule has 0 saturated carbocycles. The summed E-state index contributed by atoms with van der Waals surface area (Å²) in [7, 11) is 0. The number of aromatic nitrogens is 3. The van der Waals surface area contributed by atoms with Gasteiger partial charge in [0.15, 0.2) is 0 Å². The molecular formula is C12H16BrN3O. The van der Waals surface area contributed by atoms with Crippen LogP contribution in [0.4, 0.5) is 0 Å². The van der Waals surface area contributed by atoms with E-state index in [0.717, 1.165) is 47.5 Å². The minimum absolute atomic E-state index is 0.775. The zero-order valence-corrected chi connectivity index (χ0v) is 11.7. The third-order valence-corrected chi connectivity index (χ3v) is 3.25. The first kappa shape index (κ1) is 12.5. The molecule has 0 N–H and O–H groups in total. The van der Waals surface area contributed by atoms with Crippen LogP contribution in [0.2, 0.25) is 0 Å². The van der Waals surface area contributed by atoms with E-state index >= 15 is 0 Å². The van der Waals surface area contributed by atoms with E-state index in [2.05, 4.69) is 30.5 Å². The van der Waals surface area contributed by atoms with Gasteiger partial charge >= 0.3 is 0 Å². The van der Waals surface area contributed by atoms with Crippen LogP contribution in [0.15, 0.2) is 16.9 Å². The lowest BCUT2D eigenvalue weighted by molar-refractivity contribution is 0.142. The first-order valence-electron chi connectivity index (χ1n) is 5.78. The van der Waals surface area contributed by atoms with E-state index in [-0.39, 0.29) is 0 Å². The molecule has 0 saturated heterocycles. The predicted molar refractivity (Wildman–Crippen MR) is 71.1 cm³/mol. The van der Waals surface area contributed by atoms with E-state index in [1.165, 1.54) is 0 Å². The SMILES string of the molecule is CCOCCCn1c(C)nc2cncc(Br)c21. The molecule has 2 rings (SSSR count). The standard InChI is InChI=1S/C12H16BrN3O/c1-3-17-6-4-5-16-9(2)15-11-8-14-7-10(13)12(11)16/h7-8H,3-6H2,1-2H3. The van der Waals surface area contributed by atoms with Crippen LogP contribution in [0.1, 0.15) is 19.2 Å². The summed E-state index contributed by atoms with van der Waals surface area (Å²) < 4.78 is 8.56. The second-order valence-corrected chi connectivity index (χ2v) is 4.70. The van der Waals surface area contributed by atoms with Crippen molar-refractivity contribution in [2.45, 2.75) is 26.8 Å². The molecule has 0 aliphatic rings. The molecule has 0 bridgehead atoms. The summed E-state index contributed by atoms with van der Waals surface area (Å²) in [6.07, 6.45) is 4.60. The van der Waals surface area contributed by atoms with E-state index in [9.17, 15) is 0 Å². The van der Waals surface area contributed by atoms with Gasteiger partial charge in [0.25, 0.3) is 0 Å². The van der Waals surface area contributed by atoms with Gasteiger partial charge in [-0.15, -0.1) is 0 Å². The van der Waals surface area contributed by atoms with Crippen molar-refractivity contribution >= 4 is 27.0 Å². The molecule has 0 unspecified atom stereocenters. The van der Waals surface area contributed by atoms with Crippen LogP contribution in [-0.2, 0) is 11.3 Å². The molecule has 0 fully saturated rings. The summed E-state index contributed by atoms with van der Waals surface area (Å²) in [5.74, 6) is 1.02. The Hall–Kier alpha value is -0.940. The fraction of sp³-hybridized carbons (Fsp3) is 0.500. The Morgan fingerprint density at radius 1 is 1.41 bits per heavy atom. The monoisotopic (exact) mass is 297 g/mol. The highest BCUT2D eigenvalue weighted by molar-refractivity contribution is 9.10. The van der Waals surface area contributed by atoms with Gasteiger partial charge in [0.05, 0.1) is 16.2 Å². The van der Waals surface area contributed by atoms with Crippen LogP contribution in [0, 0.1) is 6.92 Å². The van der Waals surface area contributed by atoms with Gasteiger partial charge in [-0.2, -0.15) is 0 Å². The number of fused-ring (bicyclic) bond motifs is 1. The van der Waals surface area contributed by atoms with E-state index in [1.807, 2.05) is 20.0 Å². The Bertz CT molecular complexity index is 510. The van der Waals surface area contributed by atoms with Gasteiger partial charge in [0.1, 0.15) is 11.3 Å². The summed E-state index contributed by atoms with van der Waals surface area (Å²) in [6.45, 7) is 6.52. The zero-order valence-electron chi connectivity index (χ0n) is 10.1. The summed E-state index contributed by atoms with van der Waals surface area (Å²) in [4.78, 5) is 8.63. The maximum absolute atomic E-state index is 5.36. The quantitative estimate of drug-likeness (QED) is 0.797. The van der Waals surface area contributed by atoms with Crippen molar-refractivity contribution < 1.29 is 4.74 Å². The second kappa shape index (κ2) is 5.60. The first-order valence-corrected chi connectivity index (χ1v) is 6.57. The minimum Gasteiger partial charge on any atom is -0.382 e. The van der Waals surface area contributed by atoms with E-state index in [0.29, 0.717) is 0 Å². The predicted octanol–water partition coefficient (Wildman–Crippen LogP) is 2.93. The van der Waals surface area contributed by atoms with Gasteiger partial charge in [0.2, 0.25) is 0 Å². The number of nitrogens with zero attached hydrogens (tertiary/aromatic N) is 3. The van der Waals surface area contributed by atoms with Crippen LogP contribution in [0.3, 0.4) is 0 Å². The first-order chi connectivity index (χ1) is 8.24. The maximum atomic E-state index is 5.36. The molecule has 0 spiro atoms. The van der Waals surface area contributed by atoms with E-state index in [1.54, 1.807) is 6.20 Å². The fourth-order valence-corrected chi connectivity index (χ4v) is 2.44. The normalized spacial score (nSPS) is 11.2. The number of halogens is 1. The second-order valence-electron chi connectivity index (χ2n) is 3.85. The summed E-state index contributed by atoms with van der Waals surface area (Å²) in [5, 5.41) is 0. The summed E-state index contributed by atoms with van der Waals surface area (Å²) in [5.41, 5.74) is 2.06. The molecule has 0 atom stereocenters. The number of ether oxygens (including phenoxy) is 1. The average molecular weight is 298 g/mol. The van der Waals surface area contributed by atoms with Crippen molar-refractivity contribution in [1.29, 1.82) is 0 Å². The third-order valence-electron chi connectivity index (χ3n) is 2.67. The summed E-state index contributed by atoms with van der Waals surface area (Å²) >= 11 is 3.53. The Kier molecular flexibility index (Phi) is 4.12.